The van der Waals surface area contributed by atoms with E-state index in [1.54, 1.807) is 11.7 Å². The normalized spacial score (nSPS) is 17.0. The number of aromatic nitrogens is 6. The highest BCUT2D eigenvalue weighted by Gasteiger charge is 2.24. The molecule has 1 fully saturated rings. The summed E-state index contributed by atoms with van der Waals surface area (Å²) in [5, 5.41) is 20.6. The van der Waals surface area contributed by atoms with Gasteiger partial charge in [0.1, 0.15) is 0 Å². The zero-order valence-corrected chi connectivity index (χ0v) is 14.9. The molecular weight excluding hydrogens is 340 g/mol. The third kappa shape index (κ3) is 3.44. The number of hydrogen-bond donors (Lipinski definition) is 0. The molecular formula is C15H20N8OS. The number of anilines is 1. The standard InChI is InChI=1S/C15H20N8OS/c1-21-15(18-19-20-21)25-10-14(24)23-7-5-22(6-8-23)13-9-11-3-2-4-12(11)16-17-13/h9H,2-8,10H2,1H3. The maximum absolute atomic E-state index is 12.4. The topological polar surface area (TPSA) is 92.9 Å². The van der Waals surface area contributed by atoms with Crippen LogP contribution in [-0.2, 0) is 24.7 Å². The maximum atomic E-state index is 12.4. The van der Waals surface area contributed by atoms with Gasteiger partial charge in [0.2, 0.25) is 11.1 Å². The second-order valence-corrected chi connectivity index (χ2v) is 7.21. The summed E-state index contributed by atoms with van der Waals surface area (Å²) in [5.41, 5.74) is 2.48. The van der Waals surface area contributed by atoms with Crippen LogP contribution in [0.5, 0.6) is 0 Å². The number of hydrogen-bond acceptors (Lipinski definition) is 8. The number of rotatable bonds is 4. The van der Waals surface area contributed by atoms with E-state index in [1.807, 2.05) is 4.90 Å². The van der Waals surface area contributed by atoms with Crippen LogP contribution in [-0.4, -0.2) is 73.1 Å². The van der Waals surface area contributed by atoms with E-state index in [0.717, 1.165) is 37.4 Å². The van der Waals surface area contributed by atoms with Crippen molar-refractivity contribution in [3.05, 3.63) is 17.3 Å². The number of piperazine rings is 1. The molecule has 0 spiro atoms. The Balaban J connectivity index is 1.30. The Bertz CT molecular complexity index is 771. The van der Waals surface area contributed by atoms with Crippen LogP contribution in [0.15, 0.2) is 11.2 Å². The molecule has 2 aromatic heterocycles. The number of tetrazole rings is 1. The molecule has 0 atom stereocenters. The van der Waals surface area contributed by atoms with Gasteiger partial charge in [-0.05, 0) is 41.3 Å². The van der Waals surface area contributed by atoms with Crippen LogP contribution in [0.2, 0.25) is 0 Å². The molecule has 10 heteroatoms. The highest BCUT2D eigenvalue weighted by atomic mass is 32.2. The number of carbonyl (C=O) groups excluding carboxylic acids is 1. The smallest absolute Gasteiger partial charge is 0.233 e. The summed E-state index contributed by atoms with van der Waals surface area (Å²) in [6.45, 7) is 2.98. The summed E-state index contributed by atoms with van der Waals surface area (Å²) in [5.74, 6) is 1.41. The van der Waals surface area contributed by atoms with Gasteiger partial charge >= 0.3 is 0 Å². The highest BCUT2D eigenvalue weighted by Crippen LogP contribution is 2.23. The lowest BCUT2D eigenvalue weighted by Gasteiger charge is -2.35. The Kier molecular flexibility index (Phi) is 4.51. The second-order valence-electron chi connectivity index (χ2n) is 6.27. The van der Waals surface area contributed by atoms with Crippen LogP contribution in [0.3, 0.4) is 0 Å². The van der Waals surface area contributed by atoms with Crippen molar-refractivity contribution in [2.45, 2.75) is 24.4 Å². The Hall–Kier alpha value is -2.23. The second kappa shape index (κ2) is 6.95. The van der Waals surface area contributed by atoms with Crippen LogP contribution in [0.1, 0.15) is 17.7 Å². The third-order valence-electron chi connectivity index (χ3n) is 4.67. The van der Waals surface area contributed by atoms with Crippen molar-refractivity contribution >= 4 is 23.5 Å². The number of nitrogens with zero attached hydrogens (tertiary/aromatic N) is 8. The molecule has 2 aliphatic rings. The van der Waals surface area contributed by atoms with Crippen LogP contribution >= 0.6 is 11.8 Å². The van der Waals surface area contributed by atoms with E-state index in [2.05, 4.69) is 36.7 Å². The first kappa shape index (κ1) is 16.2. The minimum absolute atomic E-state index is 0.118. The number of aryl methyl sites for hydroxylation is 3. The predicted molar refractivity (Wildman–Crippen MR) is 92.4 cm³/mol. The molecule has 25 heavy (non-hydrogen) atoms. The van der Waals surface area contributed by atoms with Crippen molar-refractivity contribution in [1.82, 2.24) is 35.3 Å². The van der Waals surface area contributed by atoms with Gasteiger partial charge in [0.05, 0.1) is 11.4 Å². The Morgan fingerprint density at radius 1 is 1.16 bits per heavy atom. The average molecular weight is 360 g/mol. The third-order valence-corrected chi connectivity index (χ3v) is 5.66. The molecule has 1 amide bonds. The van der Waals surface area contributed by atoms with Gasteiger partial charge in [-0.2, -0.15) is 5.10 Å². The monoisotopic (exact) mass is 360 g/mol. The first-order chi connectivity index (χ1) is 12.2. The van der Waals surface area contributed by atoms with E-state index < -0.39 is 0 Å². The largest absolute Gasteiger partial charge is 0.352 e. The van der Waals surface area contributed by atoms with Crippen LogP contribution in [0.4, 0.5) is 5.82 Å². The summed E-state index contributed by atoms with van der Waals surface area (Å²) in [6.07, 6.45) is 3.32. The van der Waals surface area contributed by atoms with Crippen molar-refractivity contribution < 1.29 is 4.79 Å². The zero-order chi connectivity index (χ0) is 17.2. The zero-order valence-electron chi connectivity index (χ0n) is 14.1. The molecule has 3 heterocycles. The van der Waals surface area contributed by atoms with Gasteiger partial charge in [0.15, 0.2) is 5.82 Å². The predicted octanol–water partition coefficient (Wildman–Crippen LogP) is -0.0703. The molecule has 4 rings (SSSR count). The molecule has 1 aliphatic carbocycles. The number of fused-ring (bicyclic) bond motifs is 1. The summed E-state index contributed by atoms with van der Waals surface area (Å²) in [7, 11) is 1.77. The molecule has 0 N–H and O–H groups in total. The Morgan fingerprint density at radius 2 is 2.00 bits per heavy atom. The number of amides is 1. The summed E-state index contributed by atoms with van der Waals surface area (Å²) in [4.78, 5) is 16.5. The first-order valence-corrected chi connectivity index (χ1v) is 9.42. The number of thioether (sulfide) groups is 1. The van der Waals surface area contributed by atoms with E-state index in [4.69, 9.17) is 0 Å². The fourth-order valence-electron chi connectivity index (χ4n) is 3.22. The molecule has 0 radical (unpaired) electrons. The molecule has 0 unspecified atom stereocenters. The highest BCUT2D eigenvalue weighted by molar-refractivity contribution is 7.99. The molecule has 9 nitrogen and oxygen atoms in total. The van der Waals surface area contributed by atoms with Crippen molar-refractivity contribution in [3.8, 4) is 0 Å². The summed E-state index contributed by atoms with van der Waals surface area (Å²) in [6, 6.07) is 2.17. The van der Waals surface area contributed by atoms with E-state index in [-0.39, 0.29) is 5.91 Å². The maximum Gasteiger partial charge on any atom is 0.233 e. The van der Waals surface area contributed by atoms with Gasteiger partial charge in [0.25, 0.3) is 0 Å². The van der Waals surface area contributed by atoms with E-state index in [1.165, 1.54) is 23.7 Å². The molecule has 0 aromatic carbocycles. The lowest BCUT2D eigenvalue weighted by molar-refractivity contribution is -0.128. The fraction of sp³-hybridized carbons (Fsp3) is 0.600. The van der Waals surface area contributed by atoms with Crippen molar-refractivity contribution in [1.29, 1.82) is 0 Å². The van der Waals surface area contributed by atoms with Gasteiger partial charge in [-0.3, -0.25) is 4.79 Å². The minimum Gasteiger partial charge on any atom is -0.352 e. The van der Waals surface area contributed by atoms with Gasteiger partial charge in [-0.1, -0.05) is 11.8 Å². The van der Waals surface area contributed by atoms with Gasteiger partial charge in [-0.15, -0.1) is 10.2 Å². The lowest BCUT2D eigenvalue weighted by atomic mass is 10.2. The summed E-state index contributed by atoms with van der Waals surface area (Å²) < 4.78 is 1.57. The molecule has 0 bridgehead atoms. The fourth-order valence-corrected chi connectivity index (χ4v) is 3.97. The van der Waals surface area contributed by atoms with Gasteiger partial charge in [-0.25, -0.2) is 4.68 Å². The SMILES string of the molecule is Cn1nnnc1SCC(=O)N1CCN(c2cc3c(nn2)CCC3)CC1. The van der Waals surface area contributed by atoms with Crippen molar-refractivity contribution in [2.75, 3.05) is 36.8 Å². The van der Waals surface area contributed by atoms with Crippen molar-refractivity contribution in [2.24, 2.45) is 7.05 Å². The Labute approximate surface area is 149 Å². The number of carbonyl (C=O) groups is 1. The first-order valence-electron chi connectivity index (χ1n) is 8.44. The average Bonchev–Trinajstić information content (AvgIpc) is 3.27. The Morgan fingerprint density at radius 3 is 2.76 bits per heavy atom. The van der Waals surface area contributed by atoms with Gasteiger partial charge in [0, 0.05) is 33.2 Å². The summed E-state index contributed by atoms with van der Waals surface area (Å²) >= 11 is 1.37. The van der Waals surface area contributed by atoms with Crippen molar-refractivity contribution in [3.63, 3.8) is 0 Å². The molecule has 1 saturated heterocycles. The van der Waals surface area contributed by atoms with Crippen LogP contribution < -0.4 is 4.90 Å². The minimum atomic E-state index is 0.118. The van der Waals surface area contributed by atoms with E-state index >= 15 is 0 Å². The van der Waals surface area contributed by atoms with Crippen LogP contribution in [0, 0.1) is 0 Å². The molecule has 1 aliphatic heterocycles. The molecule has 2 aromatic rings. The van der Waals surface area contributed by atoms with E-state index in [0.29, 0.717) is 24.0 Å². The quantitative estimate of drug-likeness (QED) is 0.700. The lowest BCUT2D eigenvalue weighted by Crippen LogP contribution is -2.49. The van der Waals surface area contributed by atoms with Crippen LogP contribution in [0.25, 0.3) is 0 Å². The van der Waals surface area contributed by atoms with Gasteiger partial charge < -0.3 is 9.80 Å². The molecule has 132 valence electrons. The van der Waals surface area contributed by atoms with E-state index in [9.17, 15) is 4.79 Å². The molecule has 0 saturated carbocycles.